The summed E-state index contributed by atoms with van der Waals surface area (Å²) < 4.78 is 4.89. The fraction of sp³-hybridized carbons (Fsp3) is 0.593. The summed E-state index contributed by atoms with van der Waals surface area (Å²) in [7, 11) is 1.69. The molecular formula is C27H37N5O6. The van der Waals surface area contributed by atoms with Crippen LogP contribution >= 0.6 is 0 Å². The second-order valence-corrected chi connectivity index (χ2v) is 10.2. The van der Waals surface area contributed by atoms with E-state index in [1.54, 1.807) is 43.1 Å². The summed E-state index contributed by atoms with van der Waals surface area (Å²) in [6.07, 6.45) is 4.92. The highest BCUT2D eigenvalue weighted by Crippen LogP contribution is 2.31. The van der Waals surface area contributed by atoms with Gasteiger partial charge in [0.1, 0.15) is 18.1 Å². The molecule has 0 spiro atoms. The van der Waals surface area contributed by atoms with Gasteiger partial charge in [0.2, 0.25) is 17.7 Å². The van der Waals surface area contributed by atoms with Crippen LogP contribution in [0.3, 0.4) is 0 Å². The Balaban J connectivity index is 1.38. The van der Waals surface area contributed by atoms with Gasteiger partial charge in [-0.2, -0.15) is 0 Å². The molecule has 0 radical (unpaired) electrons. The number of esters is 1. The van der Waals surface area contributed by atoms with Crippen LogP contribution in [0.2, 0.25) is 0 Å². The van der Waals surface area contributed by atoms with E-state index in [0.29, 0.717) is 31.4 Å². The normalized spacial score (nSPS) is 26.0. The molecule has 206 valence electrons. The number of nitrogens with zero attached hydrogens (tertiary/aromatic N) is 1. The molecule has 4 amide bonds. The maximum Gasteiger partial charge on any atom is 0.328 e. The van der Waals surface area contributed by atoms with Gasteiger partial charge in [0.05, 0.1) is 12.6 Å². The van der Waals surface area contributed by atoms with Crippen molar-refractivity contribution in [3.63, 3.8) is 0 Å². The van der Waals surface area contributed by atoms with Crippen LogP contribution in [-0.4, -0.2) is 78.4 Å². The summed E-state index contributed by atoms with van der Waals surface area (Å²) in [5, 5.41) is 11.4. The fourth-order valence-corrected chi connectivity index (χ4v) is 5.35. The molecule has 5 atom stereocenters. The lowest BCUT2D eigenvalue weighted by Gasteiger charge is -2.35. The topological polar surface area (TPSA) is 146 Å². The van der Waals surface area contributed by atoms with E-state index in [2.05, 4.69) is 21.3 Å². The lowest BCUT2D eigenvalue weighted by molar-refractivity contribution is -0.144. The number of carbonyl (C=O) groups excluding carboxylic acids is 5. The first-order valence-electron chi connectivity index (χ1n) is 13.4. The van der Waals surface area contributed by atoms with Gasteiger partial charge in [0, 0.05) is 24.6 Å². The third-order valence-electron chi connectivity index (χ3n) is 7.68. The first-order chi connectivity index (χ1) is 18.3. The lowest BCUT2D eigenvalue weighted by Crippen LogP contribution is -2.57. The van der Waals surface area contributed by atoms with Crippen molar-refractivity contribution in [3.8, 4) is 0 Å². The number of benzene rings is 1. The molecule has 3 aliphatic heterocycles. The Hall–Kier alpha value is -3.47. The van der Waals surface area contributed by atoms with Crippen molar-refractivity contribution in [1.82, 2.24) is 26.2 Å². The molecule has 3 aliphatic rings. The van der Waals surface area contributed by atoms with E-state index < -0.39 is 30.1 Å². The minimum atomic E-state index is -0.651. The molecule has 1 unspecified atom stereocenters. The average Bonchev–Trinajstić information content (AvgIpc) is 3.52. The van der Waals surface area contributed by atoms with Crippen molar-refractivity contribution >= 4 is 29.6 Å². The number of cyclic esters (lactones) is 1. The Kier molecular flexibility index (Phi) is 8.98. The lowest BCUT2D eigenvalue weighted by atomic mass is 9.98. The average molecular weight is 528 g/mol. The zero-order valence-electron chi connectivity index (χ0n) is 22.0. The van der Waals surface area contributed by atoms with Crippen LogP contribution in [-0.2, 0) is 30.5 Å². The maximum absolute atomic E-state index is 13.5. The Morgan fingerprint density at radius 3 is 2.55 bits per heavy atom. The van der Waals surface area contributed by atoms with Crippen molar-refractivity contribution < 1.29 is 28.7 Å². The summed E-state index contributed by atoms with van der Waals surface area (Å²) in [5.41, 5.74) is 1.10. The van der Waals surface area contributed by atoms with Crippen LogP contribution in [0.5, 0.6) is 0 Å². The minimum absolute atomic E-state index is 0.0195. The van der Waals surface area contributed by atoms with Gasteiger partial charge in [0.15, 0.2) is 0 Å². The Morgan fingerprint density at radius 1 is 1.03 bits per heavy atom. The summed E-state index contributed by atoms with van der Waals surface area (Å²) in [4.78, 5) is 65.2. The zero-order valence-corrected chi connectivity index (χ0v) is 22.0. The van der Waals surface area contributed by atoms with Gasteiger partial charge in [0.25, 0.3) is 5.91 Å². The van der Waals surface area contributed by atoms with Gasteiger partial charge in [-0.1, -0.05) is 25.0 Å². The zero-order chi connectivity index (χ0) is 27.2. The molecule has 1 aromatic rings. The van der Waals surface area contributed by atoms with E-state index in [1.165, 1.54) is 0 Å². The number of likely N-dealkylation sites (N-methyl/N-ethyl adjacent to an activating group) is 1. The fourth-order valence-electron chi connectivity index (χ4n) is 5.35. The highest BCUT2D eigenvalue weighted by Gasteiger charge is 2.43. The molecule has 11 heteroatoms. The van der Waals surface area contributed by atoms with Gasteiger partial charge in [-0.15, -0.1) is 0 Å². The molecule has 11 nitrogen and oxygen atoms in total. The highest BCUT2D eigenvalue weighted by atomic mass is 16.5. The highest BCUT2D eigenvalue weighted by molar-refractivity contribution is 5.97. The number of hydrogen-bond donors (Lipinski definition) is 4. The largest absolute Gasteiger partial charge is 0.464 e. The van der Waals surface area contributed by atoms with Gasteiger partial charge in [-0.25, -0.2) is 4.79 Å². The van der Waals surface area contributed by atoms with E-state index in [4.69, 9.17) is 4.74 Å². The van der Waals surface area contributed by atoms with Crippen LogP contribution in [0, 0.1) is 0 Å². The van der Waals surface area contributed by atoms with Crippen LogP contribution in [0.15, 0.2) is 24.3 Å². The van der Waals surface area contributed by atoms with E-state index in [0.717, 1.165) is 31.2 Å². The summed E-state index contributed by atoms with van der Waals surface area (Å²) >= 11 is 0. The second-order valence-electron chi connectivity index (χ2n) is 10.2. The Bertz CT molecular complexity index is 1080. The number of amides is 4. The number of carbonyl (C=O) groups is 5. The standard InChI is InChI=1S/C27H37N5O6/c1-16(28-2)23(33)30-20-9-4-3-8-19-10-11-22(32(19)26(20)36)25(35)29-15-17-6-5-7-18(14-17)24(34)31-21-12-13-38-27(21)37/h5-7,14,16,19-22,28H,3-4,8-13,15H2,1-2H3,(H,29,35)(H,30,33)(H,31,34)/t16-,19?,20-,21-,22-/m0/s1. The van der Waals surface area contributed by atoms with Gasteiger partial charge in [-0.05, 0) is 57.4 Å². The van der Waals surface area contributed by atoms with E-state index in [9.17, 15) is 24.0 Å². The molecule has 0 saturated carbocycles. The van der Waals surface area contributed by atoms with Crippen molar-refractivity contribution in [1.29, 1.82) is 0 Å². The molecule has 0 aliphatic carbocycles. The van der Waals surface area contributed by atoms with Crippen molar-refractivity contribution in [3.05, 3.63) is 35.4 Å². The first kappa shape index (κ1) is 27.6. The van der Waals surface area contributed by atoms with Crippen molar-refractivity contribution in [2.24, 2.45) is 0 Å². The second kappa shape index (κ2) is 12.4. The summed E-state index contributed by atoms with van der Waals surface area (Å²) in [5.74, 6) is -1.51. The molecule has 3 fully saturated rings. The van der Waals surface area contributed by atoms with E-state index in [-0.39, 0.29) is 36.2 Å². The summed E-state index contributed by atoms with van der Waals surface area (Å²) in [6.45, 7) is 2.22. The molecule has 3 saturated heterocycles. The van der Waals surface area contributed by atoms with Crippen LogP contribution in [0.4, 0.5) is 0 Å². The monoisotopic (exact) mass is 527 g/mol. The van der Waals surface area contributed by atoms with Crippen LogP contribution in [0.25, 0.3) is 0 Å². The van der Waals surface area contributed by atoms with E-state index in [1.807, 2.05) is 0 Å². The third kappa shape index (κ3) is 6.32. The maximum atomic E-state index is 13.5. The van der Waals surface area contributed by atoms with Crippen molar-refractivity contribution in [2.45, 2.75) is 88.6 Å². The van der Waals surface area contributed by atoms with Gasteiger partial charge < -0.3 is 30.9 Å². The van der Waals surface area contributed by atoms with E-state index >= 15 is 0 Å². The Labute approximate surface area is 222 Å². The van der Waals surface area contributed by atoms with Crippen LogP contribution < -0.4 is 21.3 Å². The molecular weight excluding hydrogens is 490 g/mol. The number of rotatable bonds is 8. The number of fused-ring (bicyclic) bond motifs is 1. The minimum Gasteiger partial charge on any atom is -0.464 e. The SMILES string of the molecule is CN[C@@H](C)C(=O)N[C@H]1CCCCC2CC[C@@H](C(=O)NCc3cccc(C(=O)N[C@H]4CCOC4=O)c3)N2C1=O. The number of ether oxygens (including phenoxy) is 1. The van der Waals surface area contributed by atoms with Gasteiger partial charge in [-0.3, -0.25) is 19.2 Å². The van der Waals surface area contributed by atoms with Crippen LogP contribution in [0.1, 0.15) is 67.8 Å². The molecule has 4 rings (SSSR count). The number of hydrogen-bond acceptors (Lipinski definition) is 7. The molecule has 0 aromatic heterocycles. The molecule has 0 bridgehead atoms. The number of nitrogens with one attached hydrogen (secondary N) is 4. The molecule has 1 aromatic carbocycles. The Morgan fingerprint density at radius 2 is 1.82 bits per heavy atom. The van der Waals surface area contributed by atoms with Crippen molar-refractivity contribution in [2.75, 3.05) is 13.7 Å². The third-order valence-corrected chi connectivity index (χ3v) is 7.68. The predicted molar refractivity (Wildman–Crippen MR) is 138 cm³/mol. The smallest absolute Gasteiger partial charge is 0.328 e. The molecule has 4 N–H and O–H groups in total. The first-order valence-corrected chi connectivity index (χ1v) is 13.4. The quantitative estimate of drug-likeness (QED) is 0.358. The predicted octanol–water partition coefficient (Wildman–Crippen LogP) is 0.374. The summed E-state index contributed by atoms with van der Waals surface area (Å²) in [6, 6.07) is 4.48. The molecule has 3 heterocycles. The molecule has 38 heavy (non-hydrogen) atoms. The van der Waals surface area contributed by atoms with Gasteiger partial charge >= 0.3 is 5.97 Å².